The number of unbranched alkanes of at least 4 members (excludes halogenated alkanes) is 1. The van der Waals surface area contributed by atoms with Gasteiger partial charge in [-0.1, -0.05) is 32.6 Å². The fraction of sp³-hybridized carbons (Fsp3) is 0.533. The fourth-order valence-corrected chi connectivity index (χ4v) is 5.19. The van der Waals surface area contributed by atoms with Crippen LogP contribution in [0, 0.1) is 5.92 Å². The second-order valence-corrected chi connectivity index (χ2v) is 10.4. The quantitative estimate of drug-likeness (QED) is 0.394. The molecule has 0 radical (unpaired) electrons. The summed E-state index contributed by atoms with van der Waals surface area (Å²) < 4.78 is 10.1. The van der Waals surface area contributed by atoms with Crippen molar-refractivity contribution in [2.75, 3.05) is 13.2 Å². The molecule has 11 heteroatoms. The number of aryl methyl sites for hydroxylation is 2. The van der Waals surface area contributed by atoms with Crippen LogP contribution in [0.25, 0.3) is 0 Å². The summed E-state index contributed by atoms with van der Waals surface area (Å²) in [7, 11) is 0. The second kappa shape index (κ2) is 13.2. The molecule has 2 aromatic heterocycles. The Morgan fingerprint density at radius 2 is 1.34 bits per heavy atom. The summed E-state index contributed by atoms with van der Waals surface area (Å²) in [4.78, 5) is 77.9. The van der Waals surface area contributed by atoms with E-state index in [0.29, 0.717) is 36.1 Å². The van der Waals surface area contributed by atoms with Crippen molar-refractivity contribution in [3.05, 3.63) is 66.7 Å². The number of rotatable bonds is 10. The van der Waals surface area contributed by atoms with Gasteiger partial charge in [0.25, 0.3) is 17.7 Å². The molecule has 5 rings (SSSR count). The van der Waals surface area contributed by atoms with Crippen molar-refractivity contribution in [2.45, 2.75) is 85.0 Å². The first-order chi connectivity index (χ1) is 19.7. The van der Waals surface area contributed by atoms with Gasteiger partial charge < -0.3 is 8.83 Å². The predicted molar refractivity (Wildman–Crippen MR) is 146 cm³/mol. The van der Waals surface area contributed by atoms with Gasteiger partial charge in [-0.15, -0.1) is 5.06 Å². The lowest BCUT2D eigenvalue weighted by Crippen LogP contribution is -2.43. The van der Waals surface area contributed by atoms with E-state index >= 15 is 0 Å². The van der Waals surface area contributed by atoms with E-state index in [-0.39, 0.29) is 42.8 Å². The van der Waals surface area contributed by atoms with E-state index in [2.05, 4.69) is 0 Å². The maximum atomic E-state index is 12.4. The van der Waals surface area contributed by atoms with Crippen LogP contribution < -0.4 is 11.3 Å². The van der Waals surface area contributed by atoms with Crippen LogP contribution in [0.4, 0.5) is 0 Å². The summed E-state index contributed by atoms with van der Waals surface area (Å²) in [5.41, 5.74) is 1.09. The van der Waals surface area contributed by atoms with Crippen LogP contribution >= 0.6 is 0 Å². The molecule has 0 unspecified atom stereocenters. The number of likely N-dealkylation sites (N-methyl/N-ethyl adjacent to an activating group) is 1. The van der Waals surface area contributed by atoms with E-state index in [0.717, 1.165) is 42.2 Å². The number of hydroxylamine groups is 2. The molecule has 0 atom stereocenters. The standard InChI is InChI=1S/C16H19NO4.C14H17NO5/c1-2-17-13(18)9-12-15(16(17)20)11(8-14(19)21-12)5-3-4-10-6-7-10;1-3-5-6-9-7-12(17)20-10-8-11(16)15(19-4-2)14(18)13(9)10/h8,10H,2-7,9H2,1H3;7H,3-6,8H2,1-2H3. The summed E-state index contributed by atoms with van der Waals surface area (Å²) in [6.07, 6.45) is 7.66. The van der Waals surface area contributed by atoms with Crippen LogP contribution in [0.5, 0.6) is 0 Å². The fourth-order valence-electron chi connectivity index (χ4n) is 5.19. The highest BCUT2D eigenvalue weighted by molar-refractivity contribution is 6.10. The molecule has 220 valence electrons. The average Bonchev–Trinajstić information content (AvgIpc) is 3.74. The Kier molecular flexibility index (Phi) is 9.69. The zero-order chi connectivity index (χ0) is 29.7. The number of amides is 4. The first kappa shape index (κ1) is 30.1. The molecule has 4 amide bonds. The lowest BCUT2D eigenvalue weighted by atomic mass is 9.96. The number of hydrogen-bond donors (Lipinski definition) is 0. The smallest absolute Gasteiger partial charge is 0.336 e. The van der Waals surface area contributed by atoms with Gasteiger partial charge in [0.15, 0.2) is 0 Å². The SMILES string of the molecule is CCCCc1cc(=O)oc2c1C(=O)N(OCC)C(=O)C2.CCN1C(=O)Cc2oc(=O)cc(CCCC3CC3)c2C1=O. The zero-order valence-electron chi connectivity index (χ0n) is 23.8. The molecule has 3 aliphatic rings. The van der Waals surface area contributed by atoms with Crippen LogP contribution in [0.3, 0.4) is 0 Å². The summed E-state index contributed by atoms with van der Waals surface area (Å²) in [6, 6.07) is 2.74. The van der Waals surface area contributed by atoms with E-state index < -0.39 is 23.1 Å². The number of carbonyl (C=O) groups excluding carboxylic acids is 4. The highest BCUT2D eigenvalue weighted by Crippen LogP contribution is 2.34. The summed E-state index contributed by atoms with van der Waals surface area (Å²) in [5, 5.41) is 0.762. The molecule has 0 bridgehead atoms. The molecule has 41 heavy (non-hydrogen) atoms. The third kappa shape index (κ3) is 6.90. The van der Waals surface area contributed by atoms with E-state index in [1.807, 2.05) is 6.92 Å². The van der Waals surface area contributed by atoms with Gasteiger partial charge >= 0.3 is 11.3 Å². The van der Waals surface area contributed by atoms with Crippen molar-refractivity contribution in [1.29, 1.82) is 0 Å². The number of hydrogen-bond acceptors (Lipinski definition) is 9. The van der Waals surface area contributed by atoms with Gasteiger partial charge in [0.2, 0.25) is 5.91 Å². The molecule has 1 aliphatic carbocycles. The maximum Gasteiger partial charge on any atom is 0.336 e. The monoisotopic (exact) mass is 568 g/mol. The first-order valence-electron chi connectivity index (χ1n) is 14.3. The number of imide groups is 2. The third-order valence-corrected chi connectivity index (χ3v) is 7.37. The van der Waals surface area contributed by atoms with Gasteiger partial charge in [0, 0.05) is 18.7 Å². The number of fused-ring (bicyclic) bond motifs is 2. The van der Waals surface area contributed by atoms with Gasteiger partial charge in [0.05, 0.1) is 30.6 Å². The Hall–Kier alpha value is -3.86. The molecule has 0 aromatic carbocycles. The van der Waals surface area contributed by atoms with Crippen molar-refractivity contribution in [2.24, 2.45) is 5.92 Å². The van der Waals surface area contributed by atoms with Crippen molar-refractivity contribution in [3.63, 3.8) is 0 Å². The van der Waals surface area contributed by atoms with Crippen LogP contribution in [0.15, 0.2) is 30.6 Å². The lowest BCUT2D eigenvalue weighted by molar-refractivity contribution is -0.169. The minimum atomic E-state index is -0.548. The Balaban J connectivity index is 0.000000189. The molecule has 0 N–H and O–H groups in total. The van der Waals surface area contributed by atoms with E-state index in [4.69, 9.17) is 13.7 Å². The minimum Gasteiger partial charge on any atom is -0.426 e. The van der Waals surface area contributed by atoms with Crippen LogP contribution in [-0.4, -0.2) is 46.7 Å². The van der Waals surface area contributed by atoms with Crippen molar-refractivity contribution >= 4 is 23.6 Å². The molecule has 2 aliphatic heterocycles. The van der Waals surface area contributed by atoms with Crippen LogP contribution in [-0.2, 0) is 40.1 Å². The molecular weight excluding hydrogens is 532 g/mol. The van der Waals surface area contributed by atoms with E-state index in [9.17, 15) is 28.8 Å². The highest BCUT2D eigenvalue weighted by Gasteiger charge is 2.36. The third-order valence-electron chi connectivity index (χ3n) is 7.37. The van der Waals surface area contributed by atoms with Crippen LogP contribution in [0.1, 0.15) is 103 Å². The average molecular weight is 569 g/mol. The maximum absolute atomic E-state index is 12.4. The normalized spacial score (nSPS) is 16.4. The van der Waals surface area contributed by atoms with Crippen molar-refractivity contribution in [1.82, 2.24) is 9.96 Å². The largest absolute Gasteiger partial charge is 0.426 e. The molecule has 0 saturated heterocycles. The Bertz CT molecular complexity index is 1450. The van der Waals surface area contributed by atoms with E-state index in [1.165, 1.54) is 29.9 Å². The second-order valence-electron chi connectivity index (χ2n) is 10.4. The van der Waals surface area contributed by atoms with Gasteiger partial charge in [0.1, 0.15) is 11.5 Å². The Labute approximate surface area is 237 Å². The Morgan fingerprint density at radius 1 is 0.780 bits per heavy atom. The summed E-state index contributed by atoms with van der Waals surface area (Å²) in [6.45, 7) is 6.05. The molecule has 11 nitrogen and oxygen atoms in total. The topological polar surface area (TPSA) is 144 Å². The molecule has 0 spiro atoms. The lowest BCUT2D eigenvalue weighted by Gasteiger charge is -2.25. The van der Waals surface area contributed by atoms with Crippen molar-refractivity contribution < 1.29 is 32.9 Å². The predicted octanol–water partition coefficient (Wildman–Crippen LogP) is 3.38. The zero-order valence-corrected chi connectivity index (χ0v) is 23.8. The molecule has 2 aromatic rings. The highest BCUT2D eigenvalue weighted by atomic mass is 16.7. The van der Waals surface area contributed by atoms with E-state index in [1.54, 1.807) is 13.8 Å². The first-order valence-corrected chi connectivity index (χ1v) is 14.3. The molecular formula is C30H36N2O9. The van der Waals surface area contributed by atoms with Gasteiger partial charge in [-0.3, -0.25) is 28.9 Å². The number of nitrogens with zero attached hydrogens (tertiary/aromatic N) is 2. The summed E-state index contributed by atoms with van der Waals surface area (Å²) in [5.74, 6) is -0.473. The molecule has 1 saturated carbocycles. The number of carbonyl (C=O) groups is 4. The van der Waals surface area contributed by atoms with Gasteiger partial charge in [-0.2, -0.15) is 0 Å². The summed E-state index contributed by atoms with van der Waals surface area (Å²) >= 11 is 0. The minimum absolute atomic E-state index is 0.000613. The van der Waals surface area contributed by atoms with Crippen molar-refractivity contribution in [3.8, 4) is 0 Å². The molecule has 1 fully saturated rings. The molecule has 4 heterocycles. The van der Waals surface area contributed by atoms with Crippen LogP contribution in [0.2, 0.25) is 0 Å². The van der Waals surface area contributed by atoms with Gasteiger partial charge in [-0.05, 0) is 56.6 Å². The van der Waals surface area contributed by atoms with Gasteiger partial charge in [-0.25, -0.2) is 9.59 Å². The Morgan fingerprint density at radius 3 is 1.88 bits per heavy atom.